The molecule has 0 aliphatic rings. The molecule has 3 aromatic rings. The molecule has 1 N–H and O–H groups in total. The quantitative estimate of drug-likeness (QED) is 0.627. The Labute approximate surface area is 170 Å². The lowest BCUT2D eigenvalue weighted by Crippen LogP contribution is -2.41. The van der Waals surface area contributed by atoms with Crippen molar-refractivity contribution in [1.29, 1.82) is 0 Å². The van der Waals surface area contributed by atoms with E-state index in [-0.39, 0.29) is 12.1 Å². The lowest BCUT2D eigenvalue weighted by Gasteiger charge is -2.20. The van der Waals surface area contributed by atoms with Gasteiger partial charge in [-0.1, -0.05) is 48.9 Å². The summed E-state index contributed by atoms with van der Waals surface area (Å²) in [6.07, 6.45) is 2.87. The van der Waals surface area contributed by atoms with Crippen molar-refractivity contribution >= 4 is 17.6 Å². The van der Waals surface area contributed by atoms with E-state index in [4.69, 9.17) is 16.7 Å². The smallest absolute Gasteiger partial charge is 0.317 e. The van der Waals surface area contributed by atoms with Crippen molar-refractivity contribution in [2.75, 3.05) is 7.05 Å². The van der Waals surface area contributed by atoms with E-state index in [1.165, 1.54) is 0 Å². The normalized spacial score (nSPS) is 11.9. The molecule has 2 amide bonds. The van der Waals surface area contributed by atoms with Crippen molar-refractivity contribution in [3.63, 3.8) is 0 Å². The fourth-order valence-corrected chi connectivity index (χ4v) is 2.97. The largest absolute Gasteiger partial charge is 0.336 e. The summed E-state index contributed by atoms with van der Waals surface area (Å²) in [5, 5.41) is 8.46. The molecule has 0 radical (unpaired) electrons. The highest BCUT2D eigenvalue weighted by atomic mass is 35.5. The molecule has 3 rings (SSSR count). The molecule has 1 heterocycles. The van der Waals surface area contributed by atoms with Crippen LogP contribution in [0.1, 0.15) is 25.8 Å². The van der Waals surface area contributed by atoms with Crippen LogP contribution in [0.5, 0.6) is 0 Å². The fraction of sp³-hybridized carbons (Fsp3) is 0.273. The van der Waals surface area contributed by atoms with Crippen LogP contribution in [0.4, 0.5) is 4.79 Å². The van der Waals surface area contributed by atoms with E-state index >= 15 is 0 Å². The van der Waals surface area contributed by atoms with E-state index in [2.05, 4.69) is 5.32 Å². The lowest BCUT2D eigenvalue weighted by atomic mass is 10.1. The fourth-order valence-electron chi connectivity index (χ4n) is 2.84. The summed E-state index contributed by atoms with van der Waals surface area (Å²) >= 11 is 6.04. The number of nitrogens with one attached hydrogen (secondary N) is 1. The van der Waals surface area contributed by atoms with Gasteiger partial charge in [-0.15, -0.1) is 0 Å². The summed E-state index contributed by atoms with van der Waals surface area (Å²) in [5.74, 6) is 0. The topological polar surface area (TPSA) is 50.2 Å². The SMILES string of the molecule is CC[C@H](C)NC(=O)N(C)Cc1cn(-c2ccccc2)nc1-c1ccc(Cl)cc1. The van der Waals surface area contributed by atoms with E-state index in [9.17, 15) is 4.79 Å². The van der Waals surface area contributed by atoms with E-state index in [0.717, 1.165) is 28.9 Å². The molecule has 0 aliphatic heterocycles. The van der Waals surface area contributed by atoms with Crippen LogP contribution in [-0.2, 0) is 6.54 Å². The Morgan fingerprint density at radius 2 is 1.86 bits per heavy atom. The minimum atomic E-state index is -0.0936. The molecule has 1 atom stereocenters. The Kier molecular flexibility index (Phi) is 6.37. The van der Waals surface area contributed by atoms with Gasteiger partial charge in [-0.3, -0.25) is 0 Å². The molecule has 0 spiro atoms. The van der Waals surface area contributed by atoms with Gasteiger partial charge in [-0.05, 0) is 37.6 Å². The summed E-state index contributed by atoms with van der Waals surface area (Å²) in [7, 11) is 1.79. The van der Waals surface area contributed by atoms with Crippen LogP contribution >= 0.6 is 11.6 Å². The maximum Gasteiger partial charge on any atom is 0.317 e. The van der Waals surface area contributed by atoms with Gasteiger partial charge in [-0.2, -0.15) is 5.10 Å². The standard InChI is InChI=1S/C22H25ClN4O/c1-4-16(2)24-22(28)26(3)14-18-15-27(20-8-6-5-7-9-20)25-21(18)17-10-12-19(23)13-11-17/h5-13,15-16H,4,14H2,1-3H3,(H,24,28)/t16-/m0/s1. The van der Waals surface area contributed by atoms with Crippen LogP contribution in [0.2, 0.25) is 5.02 Å². The van der Waals surface area contributed by atoms with Gasteiger partial charge in [-0.25, -0.2) is 9.48 Å². The number of carbonyl (C=O) groups excluding carboxylic acids is 1. The predicted molar refractivity (Wildman–Crippen MR) is 114 cm³/mol. The molecule has 28 heavy (non-hydrogen) atoms. The van der Waals surface area contributed by atoms with Crippen LogP contribution in [0.25, 0.3) is 16.9 Å². The maximum absolute atomic E-state index is 12.5. The number of rotatable bonds is 6. The minimum Gasteiger partial charge on any atom is -0.336 e. The summed E-state index contributed by atoms with van der Waals surface area (Å²) in [6.45, 7) is 4.50. The number of aromatic nitrogens is 2. The molecular weight excluding hydrogens is 372 g/mol. The maximum atomic E-state index is 12.5. The van der Waals surface area contributed by atoms with E-state index in [0.29, 0.717) is 11.6 Å². The Hall–Kier alpha value is -2.79. The van der Waals surface area contributed by atoms with Gasteiger partial charge in [0.1, 0.15) is 0 Å². The molecule has 0 aliphatic carbocycles. The Morgan fingerprint density at radius 3 is 2.50 bits per heavy atom. The molecular formula is C22H25ClN4O. The Bertz CT molecular complexity index is 921. The number of amides is 2. The second-order valence-electron chi connectivity index (χ2n) is 6.90. The van der Waals surface area contributed by atoms with Crippen LogP contribution in [0, 0.1) is 0 Å². The van der Waals surface area contributed by atoms with Crippen molar-refractivity contribution < 1.29 is 4.79 Å². The van der Waals surface area contributed by atoms with Crippen LogP contribution in [-0.4, -0.2) is 33.8 Å². The average Bonchev–Trinajstić information content (AvgIpc) is 3.12. The molecule has 0 bridgehead atoms. The van der Waals surface area contributed by atoms with Gasteiger partial charge >= 0.3 is 6.03 Å². The second kappa shape index (κ2) is 8.93. The third kappa shape index (κ3) is 4.73. The summed E-state index contributed by atoms with van der Waals surface area (Å²) in [6, 6.07) is 17.6. The van der Waals surface area contributed by atoms with Gasteiger partial charge < -0.3 is 10.2 Å². The Balaban J connectivity index is 1.93. The molecule has 0 saturated heterocycles. The first-order chi connectivity index (χ1) is 13.5. The zero-order valence-electron chi connectivity index (χ0n) is 16.4. The number of benzene rings is 2. The molecule has 0 saturated carbocycles. The number of carbonyl (C=O) groups is 1. The van der Waals surface area contributed by atoms with Crippen LogP contribution in [0.3, 0.4) is 0 Å². The zero-order chi connectivity index (χ0) is 20.1. The Morgan fingerprint density at radius 1 is 1.18 bits per heavy atom. The molecule has 2 aromatic carbocycles. The number of nitrogens with zero attached hydrogens (tertiary/aromatic N) is 3. The van der Waals surface area contributed by atoms with Crippen molar-refractivity contribution in [2.24, 2.45) is 0 Å². The van der Waals surface area contributed by atoms with E-state index < -0.39 is 0 Å². The highest BCUT2D eigenvalue weighted by Gasteiger charge is 2.17. The molecule has 0 unspecified atom stereocenters. The van der Waals surface area contributed by atoms with Crippen molar-refractivity contribution in [3.8, 4) is 16.9 Å². The third-order valence-electron chi connectivity index (χ3n) is 4.66. The first kappa shape index (κ1) is 20.0. The first-order valence-electron chi connectivity index (χ1n) is 9.39. The van der Waals surface area contributed by atoms with Crippen molar-refractivity contribution in [2.45, 2.75) is 32.9 Å². The monoisotopic (exact) mass is 396 g/mol. The summed E-state index contributed by atoms with van der Waals surface area (Å²) < 4.78 is 1.85. The van der Waals surface area contributed by atoms with Crippen molar-refractivity contribution in [1.82, 2.24) is 20.0 Å². The number of hydrogen-bond donors (Lipinski definition) is 1. The molecule has 0 fully saturated rings. The van der Waals surface area contributed by atoms with E-state index in [1.807, 2.05) is 79.3 Å². The number of para-hydroxylation sites is 1. The number of halogens is 1. The third-order valence-corrected chi connectivity index (χ3v) is 4.92. The lowest BCUT2D eigenvalue weighted by molar-refractivity contribution is 0.203. The highest BCUT2D eigenvalue weighted by Crippen LogP contribution is 2.26. The van der Waals surface area contributed by atoms with Gasteiger partial charge in [0.2, 0.25) is 0 Å². The summed E-state index contributed by atoms with van der Waals surface area (Å²) in [5.41, 5.74) is 3.73. The summed E-state index contributed by atoms with van der Waals surface area (Å²) in [4.78, 5) is 14.1. The van der Waals surface area contributed by atoms with Crippen molar-refractivity contribution in [3.05, 3.63) is 71.4 Å². The molecule has 146 valence electrons. The van der Waals surface area contributed by atoms with Gasteiger partial charge in [0.15, 0.2) is 0 Å². The first-order valence-corrected chi connectivity index (χ1v) is 9.77. The molecule has 6 heteroatoms. The van der Waals surface area contributed by atoms with Gasteiger partial charge in [0.05, 0.1) is 17.9 Å². The highest BCUT2D eigenvalue weighted by molar-refractivity contribution is 6.30. The minimum absolute atomic E-state index is 0.0936. The second-order valence-corrected chi connectivity index (χ2v) is 7.34. The van der Waals surface area contributed by atoms with Crippen LogP contribution < -0.4 is 5.32 Å². The zero-order valence-corrected chi connectivity index (χ0v) is 17.1. The van der Waals surface area contributed by atoms with Gasteiger partial charge in [0, 0.05) is 35.4 Å². The molecule has 5 nitrogen and oxygen atoms in total. The number of hydrogen-bond acceptors (Lipinski definition) is 2. The van der Waals surface area contributed by atoms with Gasteiger partial charge in [0.25, 0.3) is 0 Å². The predicted octanol–water partition coefficient (Wildman–Crippen LogP) is 5.13. The van der Waals surface area contributed by atoms with Crippen LogP contribution in [0.15, 0.2) is 60.8 Å². The molecule has 1 aromatic heterocycles. The number of urea groups is 1. The average molecular weight is 397 g/mol. The van der Waals surface area contributed by atoms with E-state index in [1.54, 1.807) is 11.9 Å².